The minimum Gasteiger partial charge on any atom is -0.309 e. The highest BCUT2D eigenvalue weighted by molar-refractivity contribution is 6.34. The second-order valence-electron chi connectivity index (χ2n) is 44.5. The van der Waals surface area contributed by atoms with Gasteiger partial charge in [0.1, 0.15) is 0 Å². The zero-order valence-corrected chi connectivity index (χ0v) is 84.5. The maximum atomic E-state index is 2.50. The molecule has 698 valence electrons. The molecule has 146 heavy (non-hydrogen) atoms. The summed E-state index contributed by atoms with van der Waals surface area (Å²) in [6.45, 7) is 27.5. The average Bonchev–Trinajstić information content (AvgIpc) is 1.62. The summed E-state index contributed by atoms with van der Waals surface area (Å²) in [4.78, 5) is 0. The van der Waals surface area contributed by atoms with Crippen LogP contribution in [0.2, 0.25) is 0 Å². The molecule has 0 aliphatic heterocycles. The molecule has 0 amide bonds. The molecule has 0 atom stereocenters. The molecule has 0 spiro atoms. The average molecular weight is 1870 g/mol. The molecule has 0 radical (unpaired) electrons. The molecule has 0 aliphatic rings. The van der Waals surface area contributed by atoms with Gasteiger partial charge in [0.25, 0.3) is 0 Å². The zero-order chi connectivity index (χ0) is 98.7. The molecule has 0 bridgehead atoms. The number of para-hydroxylation sites is 8. The highest BCUT2D eigenvalue weighted by Crippen LogP contribution is 2.53. The van der Waals surface area contributed by atoms with E-state index < -0.39 is 0 Å². The molecule has 0 aliphatic carbocycles. The van der Waals surface area contributed by atoms with E-state index >= 15 is 0 Å². The van der Waals surface area contributed by atoms with E-state index in [1.807, 2.05) is 0 Å². The van der Waals surface area contributed by atoms with Gasteiger partial charge in [-0.25, -0.2) is 0 Å². The summed E-state index contributed by atoms with van der Waals surface area (Å²) in [5.41, 5.74) is 33.0. The van der Waals surface area contributed by atoms with Gasteiger partial charge >= 0.3 is 0 Å². The van der Waals surface area contributed by atoms with Crippen molar-refractivity contribution in [2.45, 2.75) is 105 Å². The minimum absolute atomic E-state index is 0.0476. The lowest BCUT2D eigenvalue weighted by Gasteiger charge is -2.23. The highest BCUT2D eigenvalue weighted by Gasteiger charge is 2.30. The summed E-state index contributed by atoms with van der Waals surface area (Å²) >= 11 is 0. The summed E-state index contributed by atoms with van der Waals surface area (Å²) in [5.74, 6) is 0. The molecule has 0 unspecified atom stereocenters. The fraction of sp³-hybridized carbons (Fsp3) is 0.113. The van der Waals surface area contributed by atoms with Crippen LogP contribution in [0.25, 0.3) is 263 Å². The molecule has 25 aromatic carbocycles. The van der Waals surface area contributed by atoms with Crippen LogP contribution >= 0.6 is 0 Å². The Labute approximate surface area is 850 Å². The normalized spacial score (nSPS) is 12.5. The Bertz CT molecular complexity index is 10100. The smallest absolute Gasteiger partial charge is 0.0547 e. The molecule has 0 saturated heterocycles. The first-order valence-electron chi connectivity index (χ1n) is 51.7. The van der Waals surface area contributed by atoms with Gasteiger partial charge in [0, 0.05) is 80.8 Å². The van der Waals surface area contributed by atoms with Gasteiger partial charge in [0.05, 0.1) is 66.9 Å². The number of rotatable bonds is 9. The zero-order valence-electron chi connectivity index (χ0n) is 84.5. The second kappa shape index (κ2) is 33.2. The van der Waals surface area contributed by atoms with E-state index in [1.54, 1.807) is 0 Å². The molecule has 0 fully saturated rings. The maximum absolute atomic E-state index is 2.50. The largest absolute Gasteiger partial charge is 0.309 e. The van der Waals surface area contributed by atoms with Crippen molar-refractivity contribution < 1.29 is 0 Å². The first kappa shape index (κ1) is 87.8. The van der Waals surface area contributed by atoms with Crippen molar-refractivity contribution in [2.24, 2.45) is 0 Å². The van der Waals surface area contributed by atoms with Crippen LogP contribution < -0.4 is 0 Å². The van der Waals surface area contributed by atoms with Gasteiger partial charge in [-0.1, -0.05) is 459 Å². The van der Waals surface area contributed by atoms with Crippen LogP contribution in [0.4, 0.5) is 0 Å². The van der Waals surface area contributed by atoms with Crippen LogP contribution in [0.15, 0.2) is 449 Å². The predicted molar refractivity (Wildman–Crippen MR) is 630 cm³/mol. The van der Waals surface area contributed by atoms with Gasteiger partial charge in [-0.15, -0.1) is 0 Å². The molecule has 4 heteroatoms. The third-order valence-corrected chi connectivity index (χ3v) is 31.8. The maximum Gasteiger partial charge on any atom is 0.0547 e. The standard InChI is InChI=1S/2C48H41N.C46H28N2/c1-47(2,3)33-15-11-13-31(27-33)35-23-21-30-22-24-39-41(32-14-12-16-34(28-32)48(4,5)6)29-44(40-26-25-38(35)45(30)46(39)40)49-42-19-9-7-17-36(42)37-18-8-10-20-43(37)49;1-47(2,3)33-21-15-30(16-22-33)35-25-19-32-20-26-40-44(49-42-13-9-7-11-36(42)37-12-8-10-14-43(37)49)29-41(39-28-27-38(35)45(32)46(39)40)31-17-23-34(24-18-31)48(4,5)6;1-2-12-29(13-3-1)38-28-44(48-41-20-10-6-16-33(41)34-17-7-11-21-42(34)48)37-24-22-30-23-27-43(36-26-25-35(38)46(37)45(30)36)47-39-18-8-4-14-31(39)32-15-5-9-19-40(32)47/h2*7-29H,1-6H3;1-28H. The monoisotopic (exact) mass is 1870 g/mol. The van der Waals surface area contributed by atoms with E-state index in [0.717, 1.165) is 0 Å². The van der Waals surface area contributed by atoms with Gasteiger partial charge in [0.15, 0.2) is 0 Å². The third-order valence-electron chi connectivity index (χ3n) is 31.8. The summed E-state index contributed by atoms with van der Waals surface area (Å²) in [5, 5.41) is 33.5. The van der Waals surface area contributed by atoms with E-state index in [0.29, 0.717) is 0 Å². The van der Waals surface area contributed by atoms with E-state index in [9.17, 15) is 0 Å². The molecule has 29 aromatic rings. The van der Waals surface area contributed by atoms with Crippen LogP contribution in [-0.2, 0) is 21.7 Å². The van der Waals surface area contributed by atoms with Crippen molar-refractivity contribution in [2.75, 3.05) is 0 Å². The number of benzene rings is 25. The minimum atomic E-state index is 0.0476. The van der Waals surface area contributed by atoms with Crippen molar-refractivity contribution >= 4 is 184 Å². The van der Waals surface area contributed by atoms with Crippen LogP contribution in [0.1, 0.15) is 105 Å². The van der Waals surface area contributed by atoms with Crippen LogP contribution in [0.5, 0.6) is 0 Å². The van der Waals surface area contributed by atoms with E-state index in [1.165, 1.54) is 285 Å². The van der Waals surface area contributed by atoms with Gasteiger partial charge in [-0.05, 0) is 232 Å². The third kappa shape index (κ3) is 13.9. The summed E-state index contributed by atoms with van der Waals surface area (Å²) in [6.07, 6.45) is 0. The Balaban J connectivity index is 0.000000109. The van der Waals surface area contributed by atoms with Crippen LogP contribution in [0, 0.1) is 0 Å². The molecule has 29 rings (SSSR count). The fourth-order valence-electron chi connectivity index (χ4n) is 24.5. The Morgan fingerprint density at radius 2 is 0.349 bits per heavy atom. The Hall–Kier alpha value is -17.2. The van der Waals surface area contributed by atoms with Gasteiger partial charge in [0.2, 0.25) is 0 Å². The second-order valence-corrected chi connectivity index (χ2v) is 44.5. The van der Waals surface area contributed by atoms with Crippen LogP contribution in [-0.4, -0.2) is 18.3 Å². The lowest BCUT2D eigenvalue weighted by atomic mass is 9.82. The van der Waals surface area contributed by atoms with Crippen molar-refractivity contribution in [3.8, 4) is 78.4 Å². The molecular formula is C142H110N4. The summed E-state index contributed by atoms with van der Waals surface area (Å²) in [7, 11) is 0. The van der Waals surface area contributed by atoms with E-state index in [4.69, 9.17) is 0 Å². The van der Waals surface area contributed by atoms with Crippen molar-refractivity contribution in [1.29, 1.82) is 0 Å². The number of aromatic nitrogens is 4. The number of hydrogen-bond acceptors (Lipinski definition) is 0. The predicted octanol–water partition coefficient (Wildman–Crippen LogP) is 39.7. The van der Waals surface area contributed by atoms with Crippen molar-refractivity contribution in [3.63, 3.8) is 0 Å². The number of nitrogens with zero attached hydrogens (tertiary/aromatic N) is 4. The number of hydrogen-bond donors (Lipinski definition) is 0. The lowest BCUT2D eigenvalue weighted by Crippen LogP contribution is -2.10. The topological polar surface area (TPSA) is 19.7 Å². The first-order chi connectivity index (χ1) is 71.0. The molecule has 4 aromatic heterocycles. The molecule has 0 saturated carbocycles. The molecule has 4 nitrogen and oxygen atoms in total. The van der Waals surface area contributed by atoms with E-state index in [-0.39, 0.29) is 21.7 Å². The molecule has 0 N–H and O–H groups in total. The first-order valence-corrected chi connectivity index (χ1v) is 51.7. The fourth-order valence-corrected chi connectivity index (χ4v) is 24.5. The summed E-state index contributed by atoms with van der Waals surface area (Å²) in [6, 6.07) is 168. The van der Waals surface area contributed by atoms with Crippen LogP contribution in [0.3, 0.4) is 0 Å². The summed E-state index contributed by atoms with van der Waals surface area (Å²) < 4.78 is 9.94. The Morgan fingerprint density at radius 3 is 0.678 bits per heavy atom. The van der Waals surface area contributed by atoms with Crippen molar-refractivity contribution in [1.82, 2.24) is 18.3 Å². The molecular weight excluding hydrogens is 1760 g/mol. The Morgan fingerprint density at radius 1 is 0.130 bits per heavy atom. The highest BCUT2D eigenvalue weighted by atomic mass is 15.0. The van der Waals surface area contributed by atoms with Gasteiger partial charge in [-0.3, -0.25) is 0 Å². The SMILES string of the molecule is CC(C)(C)c1ccc(-c2ccc3ccc4c(-n5c6ccccc6c6ccccc65)cc(-c5ccc(C(C)(C)C)cc5)c5ccc2c3c54)cc1.CC(C)(C)c1cccc(-c2ccc3ccc4c(-c5cccc(C(C)(C)C)c5)cc(-n5c6ccccc6c6ccccc65)c5ccc2c3c45)c1.c1ccc(-c2cc(-n3c4ccccc4c4ccccc43)c3ccc4ccc(-n5c6ccccc6c6ccccc65)c5ccc2c3c45)cc1. The van der Waals surface area contributed by atoms with Gasteiger partial charge < -0.3 is 18.3 Å². The molecule has 4 heterocycles. The Kier molecular flexibility index (Phi) is 20.0. The lowest BCUT2D eigenvalue weighted by molar-refractivity contribution is 0.590. The number of fused-ring (bicyclic) bond motifs is 12. The van der Waals surface area contributed by atoms with E-state index in [2.05, 4.69) is 550 Å². The quantitative estimate of drug-likeness (QED) is 0.128. The van der Waals surface area contributed by atoms with Crippen molar-refractivity contribution in [3.05, 3.63) is 471 Å². The van der Waals surface area contributed by atoms with Gasteiger partial charge in [-0.2, -0.15) is 0 Å².